The normalized spacial score (nSPS) is 17.2. The second-order valence-corrected chi connectivity index (χ2v) is 8.44. The Morgan fingerprint density at radius 2 is 1.77 bits per heavy atom. The Morgan fingerprint density at radius 3 is 2.43 bits per heavy atom. The number of hydrogen-bond donors (Lipinski definition) is 0. The van der Waals surface area contributed by atoms with Crippen LogP contribution in [-0.2, 0) is 22.6 Å². The number of fused-ring (bicyclic) bond motifs is 1. The van der Waals surface area contributed by atoms with Crippen LogP contribution in [0.25, 0.3) is 0 Å². The maximum atomic E-state index is 12.8. The minimum absolute atomic E-state index is 0.121. The fourth-order valence-electron chi connectivity index (χ4n) is 4.44. The first-order valence-corrected chi connectivity index (χ1v) is 11.0. The van der Waals surface area contributed by atoms with Crippen LogP contribution in [0.2, 0.25) is 0 Å². The molecule has 1 fully saturated rings. The molecular weight excluding hydrogens is 376 g/mol. The molecule has 0 bridgehead atoms. The lowest BCUT2D eigenvalue weighted by Gasteiger charge is -2.33. The Morgan fingerprint density at radius 1 is 1.07 bits per heavy atom. The van der Waals surface area contributed by atoms with Crippen LogP contribution in [0.15, 0.2) is 24.3 Å². The first kappa shape index (κ1) is 20.5. The third kappa shape index (κ3) is 4.09. The monoisotopic (exact) mass is 406 g/mol. The highest BCUT2D eigenvalue weighted by molar-refractivity contribution is 5.95. The van der Waals surface area contributed by atoms with Crippen molar-refractivity contribution in [1.82, 2.24) is 14.9 Å². The van der Waals surface area contributed by atoms with Gasteiger partial charge in [0.1, 0.15) is 11.6 Å². The Labute approximate surface area is 178 Å². The van der Waals surface area contributed by atoms with Crippen molar-refractivity contribution in [3.05, 3.63) is 52.5 Å². The lowest BCUT2D eigenvalue weighted by molar-refractivity contribution is -0.131. The molecule has 2 aliphatic heterocycles. The first-order valence-electron chi connectivity index (χ1n) is 11.0. The van der Waals surface area contributed by atoms with Crippen molar-refractivity contribution in [2.24, 2.45) is 0 Å². The molecule has 1 saturated heterocycles. The molecule has 2 amide bonds. The molecule has 1 aromatic heterocycles. The molecule has 30 heavy (non-hydrogen) atoms. The van der Waals surface area contributed by atoms with E-state index in [1.54, 1.807) is 0 Å². The molecule has 0 atom stereocenters. The number of rotatable bonds is 4. The van der Waals surface area contributed by atoms with Crippen LogP contribution in [0, 0.1) is 13.8 Å². The van der Waals surface area contributed by atoms with Gasteiger partial charge in [-0.15, -0.1) is 0 Å². The van der Waals surface area contributed by atoms with Gasteiger partial charge in [-0.1, -0.05) is 36.8 Å². The minimum Gasteiger partial charge on any atom is -0.343 e. The summed E-state index contributed by atoms with van der Waals surface area (Å²) >= 11 is 0. The Hall–Kier alpha value is -2.76. The molecule has 0 unspecified atom stereocenters. The zero-order valence-corrected chi connectivity index (χ0v) is 18.1. The lowest BCUT2D eigenvalue weighted by Crippen LogP contribution is -2.39. The number of amides is 2. The van der Waals surface area contributed by atoms with E-state index in [4.69, 9.17) is 9.97 Å². The third-order valence-corrected chi connectivity index (χ3v) is 6.33. The molecule has 2 aliphatic rings. The van der Waals surface area contributed by atoms with Crippen LogP contribution >= 0.6 is 0 Å². The van der Waals surface area contributed by atoms with E-state index in [9.17, 15) is 9.59 Å². The van der Waals surface area contributed by atoms with Gasteiger partial charge in [-0.2, -0.15) is 0 Å². The zero-order chi connectivity index (χ0) is 21.3. The first-order chi connectivity index (χ1) is 14.5. The Kier molecular flexibility index (Phi) is 5.84. The van der Waals surface area contributed by atoms with Gasteiger partial charge in [0.05, 0.1) is 6.54 Å². The number of carbonyl (C=O) groups is 2. The summed E-state index contributed by atoms with van der Waals surface area (Å²) in [5.41, 5.74) is 4.37. The highest BCUT2D eigenvalue weighted by Crippen LogP contribution is 2.33. The molecule has 0 spiro atoms. The van der Waals surface area contributed by atoms with Crippen molar-refractivity contribution in [1.29, 1.82) is 0 Å². The second kappa shape index (κ2) is 8.54. The predicted molar refractivity (Wildman–Crippen MR) is 116 cm³/mol. The van der Waals surface area contributed by atoms with E-state index in [-0.39, 0.29) is 17.7 Å². The fraction of sp³-hybridized carbons (Fsp3) is 0.500. The van der Waals surface area contributed by atoms with Crippen molar-refractivity contribution in [3.63, 3.8) is 0 Å². The van der Waals surface area contributed by atoms with Crippen LogP contribution < -0.4 is 4.90 Å². The van der Waals surface area contributed by atoms with Gasteiger partial charge in [-0.3, -0.25) is 14.5 Å². The summed E-state index contributed by atoms with van der Waals surface area (Å²) in [5.74, 6) is 2.16. The van der Waals surface area contributed by atoms with Gasteiger partial charge >= 0.3 is 0 Å². The number of carbonyl (C=O) groups excluding carboxylic acids is 2. The van der Waals surface area contributed by atoms with E-state index in [1.165, 1.54) is 5.56 Å². The van der Waals surface area contributed by atoms with E-state index in [1.807, 2.05) is 23.6 Å². The predicted octanol–water partition coefficient (Wildman–Crippen LogP) is 3.69. The van der Waals surface area contributed by atoms with E-state index in [0.29, 0.717) is 25.8 Å². The SMILES string of the molecule is CCC(=O)N1CCC(c2nc(C)c3c(n2)N(Cc2ccc(C)cc2)C(=O)CC3)CC1. The standard InChI is InChI=1S/C24H30N4O2/c1-4-21(29)27-13-11-19(12-14-27)23-25-17(3)20-9-10-22(30)28(24(20)26-23)15-18-7-5-16(2)6-8-18/h5-8,19H,4,9-15H2,1-3H3. The highest BCUT2D eigenvalue weighted by Gasteiger charge is 2.31. The molecule has 6 heteroatoms. The number of anilines is 1. The van der Waals surface area contributed by atoms with Crippen molar-refractivity contribution in [2.75, 3.05) is 18.0 Å². The smallest absolute Gasteiger partial charge is 0.228 e. The van der Waals surface area contributed by atoms with E-state index >= 15 is 0 Å². The maximum Gasteiger partial charge on any atom is 0.228 e. The van der Waals surface area contributed by atoms with Gasteiger partial charge in [0.2, 0.25) is 11.8 Å². The molecular formula is C24H30N4O2. The quantitative estimate of drug-likeness (QED) is 0.777. The van der Waals surface area contributed by atoms with Crippen LogP contribution in [0.3, 0.4) is 0 Å². The van der Waals surface area contributed by atoms with Crippen LogP contribution in [-0.4, -0.2) is 39.8 Å². The van der Waals surface area contributed by atoms with Crippen molar-refractivity contribution in [2.45, 2.75) is 65.3 Å². The molecule has 0 saturated carbocycles. The molecule has 0 N–H and O–H groups in total. The van der Waals surface area contributed by atoms with Crippen molar-refractivity contribution in [3.8, 4) is 0 Å². The topological polar surface area (TPSA) is 66.4 Å². The van der Waals surface area contributed by atoms with E-state index in [2.05, 4.69) is 31.2 Å². The molecule has 4 rings (SSSR count). The molecule has 6 nitrogen and oxygen atoms in total. The van der Waals surface area contributed by atoms with Gasteiger partial charge in [0, 0.05) is 43.1 Å². The molecule has 158 valence electrons. The summed E-state index contributed by atoms with van der Waals surface area (Å²) in [5, 5.41) is 0. The summed E-state index contributed by atoms with van der Waals surface area (Å²) in [6.07, 6.45) is 3.50. The molecule has 0 radical (unpaired) electrons. The van der Waals surface area contributed by atoms with Gasteiger partial charge in [0.25, 0.3) is 0 Å². The molecule has 3 heterocycles. The van der Waals surface area contributed by atoms with Crippen molar-refractivity contribution < 1.29 is 9.59 Å². The minimum atomic E-state index is 0.121. The average Bonchev–Trinajstić information content (AvgIpc) is 2.76. The van der Waals surface area contributed by atoms with Gasteiger partial charge < -0.3 is 4.90 Å². The summed E-state index contributed by atoms with van der Waals surface area (Å²) in [7, 11) is 0. The van der Waals surface area contributed by atoms with Crippen LogP contribution in [0.1, 0.15) is 66.7 Å². The number of likely N-dealkylation sites (tertiary alicyclic amines) is 1. The largest absolute Gasteiger partial charge is 0.343 e. The van der Waals surface area contributed by atoms with Gasteiger partial charge in [-0.05, 0) is 38.7 Å². The summed E-state index contributed by atoms with van der Waals surface area (Å²) in [6.45, 7) is 8.04. The van der Waals surface area contributed by atoms with Gasteiger partial charge in [0.15, 0.2) is 0 Å². The average molecular weight is 407 g/mol. The second-order valence-electron chi connectivity index (χ2n) is 8.44. The van der Waals surface area contributed by atoms with E-state index < -0.39 is 0 Å². The molecule has 2 aromatic rings. The summed E-state index contributed by atoms with van der Waals surface area (Å²) in [4.78, 5) is 38.3. The molecule has 1 aromatic carbocycles. The van der Waals surface area contributed by atoms with Crippen LogP contribution in [0.5, 0.6) is 0 Å². The Bertz CT molecular complexity index is 946. The van der Waals surface area contributed by atoms with E-state index in [0.717, 1.165) is 54.4 Å². The third-order valence-electron chi connectivity index (χ3n) is 6.33. The number of piperidine rings is 1. The number of hydrogen-bond acceptors (Lipinski definition) is 4. The number of nitrogens with zero attached hydrogens (tertiary/aromatic N) is 4. The highest BCUT2D eigenvalue weighted by atomic mass is 16.2. The summed E-state index contributed by atoms with van der Waals surface area (Å²) in [6, 6.07) is 8.30. The number of benzene rings is 1. The number of aryl methyl sites for hydroxylation is 2. The van der Waals surface area contributed by atoms with Crippen molar-refractivity contribution >= 4 is 17.6 Å². The molecule has 0 aliphatic carbocycles. The maximum absolute atomic E-state index is 12.8. The zero-order valence-electron chi connectivity index (χ0n) is 18.1. The lowest BCUT2D eigenvalue weighted by atomic mass is 9.94. The number of aromatic nitrogens is 2. The summed E-state index contributed by atoms with van der Waals surface area (Å²) < 4.78 is 0. The van der Waals surface area contributed by atoms with Gasteiger partial charge in [-0.25, -0.2) is 9.97 Å². The van der Waals surface area contributed by atoms with Crippen LogP contribution in [0.4, 0.5) is 5.82 Å². The Balaban J connectivity index is 1.60. The fourth-order valence-corrected chi connectivity index (χ4v) is 4.44.